The highest BCUT2D eigenvalue weighted by molar-refractivity contribution is 7.46. The van der Waals surface area contributed by atoms with Gasteiger partial charge < -0.3 is 19.3 Å². The van der Waals surface area contributed by atoms with E-state index in [0.29, 0.717) is 12.8 Å². The predicted molar refractivity (Wildman–Crippen MR) is 211 cm³/mol. The van der Waals surface area contributed by atoms with E-state index in [4.69, 9.17) is 19.3 Å². The van der Waals surface area contributed by atoms with Gasteiger partial charge in [-0.3, -0.25) is 14.1 Å². The first-order chi connectivity index (χ1) is 24.8. The number of carbonyl (C=O) groups is 2. The van der Waals surface area contributed by atoms with Gasteiger partial charge in [0.1, 0.15) is 6.61 Å². The second kappa shape index (κ2) is 38.0. The van der Waals surface area contributed by atoms with Crippen molar-refractivity contribution in [3.63, 3.8) is 0 Å². The summed E-state index contributed by atoms with van der Waals surface area (Å²) in [5.41, 5.74) is 0. The minimum Gasteiger partial charge on any atom is -0.462 e. The van der Waals surface area contributed by atoms with Crippen LogP contribution in [0.2, 0.25) is 0 Å². The maximum absolute atomic E-state index is 12.3. The molecule has 0 heterocycles. The summed E-state index contributed by atoms with van der Waals surface area (Å²) in [6.07, 6.45) is 44.6. The Kier molecular flexibility index (Phi) is 36.7. The highest BCUT2D eigenvalue weighted by Crippen LogP contribution is 2.36. The predicted octanol–water partition coefficient (Wildman–Crippen LogP) is 12.6. The minimum atomic E-state index is -4.76. The lowest BCUT2D eigenvalue weighted by Crippen LogP contribution is -2.29. The number of phosphoric acid groups is 1. The number of hydrogen-bond acceptors (Lipinski definition) is 6. The molecule has 0 aliphatic carbocycles. The number of ether oxygens (including phenoxy) is 2. The second-order valence-electron chi connectivity index (χ2n) is 14.0. The van der Waals surface area contributed by atoms with Crippen molar-refractivity contribution in [2.75, 3.05) is 13.2 Å². The van der Waals surface area contributed by atoms with Gasteiger partial charge >= 0.3 is 19.8 Å². The van der Waals surface area contributed by atoms with Gasteiger partial charge in [-0.25, -0.2) is 4.57 Å². The Morgan fingerprint density at radius 2 is 0.922 bits per heavy atom. The summed E-state index contributed by atoms with van der Waals surface area (Å²) in [6.45, 7) is 3.63. The largest absolute Gasteiger partial charge is 0.469 e. The van der Waals surface area contributed by atoms with E-state index in [-0.39, 0.29) is 19.4 Å². The molecule has 2 N–H and O–H groups in total. The monoisotopic (exact) mass is 741 g/mol. The van der Waals surface area contributed by atoms with Crippen LogP contribution in [0.5, 0.6) is 0 Å². The summed E-state index contributed by atoms with van der Waals surface area (Å²) in [6, 6.07) is 0. The van der Waals surface area contributed by atoms with Crippen LogP contribution in [0, 0.1) is 0 Å². The Hall–Kier alpha value is -1.73. The van der Waals surface area contributed by atoms with Crippen molar-refractivity contribution in [1.82, 2.24) is 0 Å². The van der Waals surface area contributed by atoms with Crippen LogP contribution in [0.25, 0.3) is 0 Å². The molecule has 1 unspecified atom stereocenters. The first-order valence-corrected chi connectivity index (χ1v) is 22.3. The lowest BCUT2D eigenvalue weighted by Gasteiger charge is -2.18. The molecule has 0 radical (unpaired) electrons. The summed E-state index contributed by atoms with van der Waals surface area (Å²) in [5, 5.41) is 0. The smallest absolute Gasteiger partial charge is 0.462 e. The summed E-state index contributed by atoms with van der Waals surface area (Å²) in [7, 11) is -4.76. The van der Waals surface area contributed by atoms with Crippen LogP contribution in [0.15, 0.2) is 36.5 Å². The van der Waals surface area contributed by atoms with Crippen molar-refractivity contribution < 1.29 is 37.9 Å². The highest BCUT2D eigenvalue weighted by atomic mass is 31.2. The number of phosphoric ester groups is 1. The van der Waals surface area contributed by atoms with Crippen LogP contribution < -0.4 is 0 Å². The zero-order chi connectivity index (χ0) is 37.5. The average Bonchev–Trinajstić information content (AvgIpc) is 3.10. The molecule has 0 spiro atoms. The average molecular weight is 741 g/mol. The topological polar surface area (TPSA) is 119 Å². The molecular weight excluding hydrogens is 663 g/mol. The number of hydrogen-bond donors (Lipinski definition) is 2. The standard InChI is InChI=1S/C42H77O8P/c1-3-5-7-9-11-13-15-17-18-19-20-21-22-23-25-26-28-30-32-34-36-41(43)48-38-40(39-49-51(45,46)47)50-42(44)37-35-33-31-29-27-24-16-14-12-10-8-6-4-2/h20-21,24,27,31,33,40H,3-19,22-23,25-26,28-30,32,34-39H2,1-2H3,(H2,45,46,47)/b21-20+,27-24+,33-31+. The van der Waals surface area contributed by atoms with Crippen LogP contribution in [-0.4, -0.2) is 41.0 Å². The summed E-state index contributed by atoms with van der Waals surface area (Å²) >= 11 is 0. The zero-order valence-corrected chi connectivity index (χ0v) is 33.6. The maximum Gasteiger partial charge on any atom is 0.469 e. The molecule has 0 aromatic heterocycles. The third-order valence-electron chi connectivity index (χ3n) is 8.89. The van der Waals surface area contributed by atoms with E-state index in [0.717, 1.165) is 38.5 Å². The molecule has 8 nitrogen and oxygen atoms in total. The molecule has 9 heteroatoms. The summed E-state index contributed by atoms with van der Waals surface area (Å²) in [5.74, 6) is -0.965. The van der Waals surface area contributed by atoms with Gasteiger partial charge in [0, 0.05) is 12.8 Å². The minimum absolute atomic E-state index is 0.106. The Bertz CT molecular complexity index is 926. The molecule has 0 aliphatic heterocycles. The van der Waals surface area contributed by atoms with E-state index in [2.05, 4.69) is 42.7 Å². The number of unbranched alkanes of at least 4 members (excludes halogenated alkanes) is 22. The van der Waals surface area contributed by atoms with E-state index in [1.165, 1.54) is 122 Å². The molecule has 0 saturated heterocycles. The number of rotatable bonds is 38. The molecular formula is C42H77O8P. The zero-order valence-electron chi connectivity index (χ0n) is 32.8. The first-order valence-electron chi connectivity index (χ1n) is 20.8. The van der Waals surface area contributed by atoms with Gasteiger partial charge in [-0.1, -0.05) is 166 Å². The van der Waals surface area contributed by atoms with Gasteiger partial charge in [-0.2, -0.15) is 0 Å². The normalized spacial score (nSPS) is 12.8. The molecule has 0 fully saturated rings. The Balaban J connectivity index is 3.94. The molecule has 0 aliphatic rings. The quantitative estimate of drug-likeness (QED) is 0.0278. The lowest BCUT2D eigenvalue weighted by molar-refractivity contribution is -0.161. The van der Waals surface area contributed by atoms with E-state index < -0.39 is 32.5 Å². The van der Waals surface area contributed by atoms with Gasteiger partial charge in [-0.05, 0) is 57.8 Å². The van der Waals surface area contributed by atoms with E-state index in [1.807, 2.05) is 12.2 Å². The number of allylic oxidation sites excluding steroid dienone is 6. The Labute approximate surface area is 312 Å². The van der Waals surface area contributed by atoms with Crippen molar-refractivity contribution >= 4 is 19.8 Å². The van der Waals surface area contributed by atoms with E-state index in [9.17, 15) is 14.2 Å². The van der Waals surface area contributed by atoms with Crippen LogP contribution in [0.3, 0.4) is 0 Å². The van der Waals surface area contributed by atoms with Gasteiger partial charge in [0.05, 0.1) is 6.61 Å². The van der Waals surface area contributed by atoms with Crippen LogP contribution in [0.4, 0.5) is 0 Å². The number of esters is 2. The van der Waals surface area contributed by atoms with Crippen molar-refractivity contribution in [2.24, 2.45) is 0 Å². The van der Waals surface area contributed by atoms with E-state index in [1.54, 1.807) is 0 Å². The van der Waals surface area contributed by atoms with Crippen LogP contribution >= 0.6 is 7.82 Å². The summed E-state index contributed by atoms with van der Waals surface area (Å²) < 4.78 is 26.3. The highest BCUT2D eigenvalue weighted by Gasteiger charge is 2.22. The molecule has 0 bridgehead atoms. The Morgan fingerprint density at radius 3 is 1.39 bits per heavy atom. The molecule has 298 valence electrons. The molecule has 1 atom stereocenters. The molecule has 0 rings (SSSR count). The third kappa shape index (κ3) is 40.9. The SMILES string of the molecule is CCCCCCCC/C=C/C/C=C/CCC(=O)OC(COC(=O)CCCCCCCCC/C=C/CCCCCCCCCCC)COP(=O)(O)O. The van der Waals surface area contributed by atoms with Crippen molar-refractivity contribution in [3.05, 3.63) is 36.5 Å². The van der Waals surface area contributed by atoms with Gasteiger partial charge in [0.15, 0.2) is 6.10 Å². The molecule has 0 aromatic carbocycles. The van der Waals surface area contributed by atoms with Gasteiger partial charge in [0.2, 0.25) is 0 Å². The third-order valence-corrected chi connectivity index (χ3v) is 9.38. The van der Waals surface area contributed by atoms with Crippen molar-refractivity contribution in [3.8, 4) is 0 Å². The fraction of sp³-hybridized carbons (Fsp3) is 0.810. The van der Waals surface area contributed by atoms with Crippen LogP contribution in [-0.2, 0) is 28.2 Å². The number of carbonyl (C=O) groups excluding carboxylic acids is 2. The van der Waals surface area contributed by atoms with Crippen molar-refractivity contribution in [2.45, 2.75) is 206 Å². The van der Waals surface area contributed by atoms with Crippen LogP contribution in [0.1, 0.15) is 200 Å². The molecule has 0 saturated carbocycles. The first kappa shape index (κ1) is 49.3. The maximum atomic E-state index is 12.3. The molecule has 51 heavy (non-hydrogen) atoms. The molecule has 0 aromatic rings. The summed E-state index contributed by atoms with van der Waals surface area (Å²) in [4.78, 5) is 42.7. The van der Waals surface area contributed by atoms with E-state index >= 15 is 0 Å². The van der Waals surface area contributed by atoms with Crippen molar-refractivity contribution in [1.29, 1.82) is 0 Å². The lowest BCUT2D eigenvalue weighted by atomic mass is 10.1. The van der Waals surface area contributed by atoms with Gasteiger partial charge in [0.25, 0.3) is 0 Å². The Morgan fingerprint density at radius 1 is 0.510 bits per heavy atom. The molecule has 0 amide bonds. The fourth-order valence-corrected chi connectivity index (χ4v) is 6.13. The van der Waals surface area contributed by atoms with Gasteiger partial charge in [-0.15, -0.1) is 0 Å². The fourth-order valence-electron chi connectivity index (χ4n) is 5.77. The second-order valence-corrected chi connectivity index (χ2v) is 15.2.